The summed E-state index contributed by atoms with van der Waals surface area (Å²) >= 11 is 5.96. The molecule has 0 aromatic heterocycles. The fraction of sp³-hybridized carbons (Fsp3) is 0.316. The Morgan fingerprint density at radius 1 is 1.29 bits per heavy atom. The van der Waals surface area contributed by atoms with Crippen LogP contribution in [-0.2, 0) is 4.79 Å². The van der Waals surface area contributed by atoms with Crippen molar-refractivity contribution in [2.75, 3.05) is 43.0 Å². The van der Waals surface area contributed by atoms with Crippen molar-refractivity contribution in [2.45, 2.75) is 6.92 Å². The maximum Gasteiger partial charge on any atom is 0.294 e. The predicted octanol–water partition coefficient (Wildman–Crippen LogP) is 2.98. The molecule has 0 aliphatic carbocycles. The number of rotatable bonds is 6. The van der Waals surface area contributed by atoms with Crippen LogP contribution in [0.4, 0.5) is 17.1 Å². The molecule has 0 atom stereocenters. The lowest BCUT2D eigenvalue weighted by atomic mass is 10.2. The minimum absolute atomic E-state index is 0.0334. The second-order valence-corrected chi connectivity index (χ2v) is 6.85. The number of nitro groups is 1. The topological polar surface area (TPSA) is 96.7 Å². The molecule has 0 spiro atoms. The first kappa shape index (κ1) is 19.9. The third-order valence-corrected chi connectivity index (χ3v) is 4.84. The number of nitro benzene ring substituents is 1. The van der Waals surface area contributed by atoms with Gasteiger partial charge >= 0.3 is 0 Å². The summed E-state index contributed by atoms with van der Waals surface area (Å²) in [6, 6.07) is 9.82. The average molecular weight is 405 g/mol. The van der Waals surface area contributed by atoms with Gasteiger partial charge in [-0.05, 0) is 42.8 Å². The Labute approximate surface area is 167 Å². The van der Waals surface area contributed by atoms with E-state index >= 15 is 0 Å². The normalized spacial score (nSPS) is 13.9. The number of nitrogens with zero attached hydrogens (tertiary/aromatic N) is 2. The number of carbonyl (C=O) groups excluding carboxylic acids is 1. The lowest BCUT2D eigenvalue weighted by Crippen LogP contribution is -2.43. The van der Waals surface area contributed by atoms with E-state index in [-0.39, 0.29) is 12.3 Å². The summed E-state index contributed by atoms with van der Waals surface area (Å²) in [4.78, 5) is 25.2. The summed E-state index contributed by atoms with van der Waals surface area (Å²) in [5.74, 6) is 0.119. The van der Waals surface area contributed by atoms with Gasteiger partial charge in [-0.25, -0.2) is 0 Å². The molecule has 0 radical (unpaired) electrons. The van der Waals surface area contributed by atoms with Crippen LogP contribution >= 0.6 is 11.6 Å². The molecule has 0 saturated carbocycles. The van der Waals surface area contributed by atoms with Gasteiger partial charge in [-0.2, -0.15) is 0 Å². The number of hydrogen-bond acceptors (Lipinski definition) is 6. The number of aryl methyl sites for hydroxylation is 1. The Kier molecular flexibility index (Phi) is 6.33. The van der Waals surface area contributed by atoms with Crippen molar-refractivity contribution in [2.24, 2.45) is 0 Å². The van der Waals surface area contributed by atoms with Crippen molar-refractivity contribution < 1.29 is 14.5 Å². The number of nitrogens with one attached hydrogen (secondary N) is 2. The minimum Gasteiger partial charge on any atom is -0.484 e. The van der Waals surface area contributed by atoms with Crippen LogP contribution in [0.5, 0.6) is 5.75 Å². The van der Waals surface area contributed by atoms with Gasteiger partial charge in [0, 0.05) is 43.0 Å². The molecule has 28 heavy (non-hydrogen) atoms. The molecule has 8 nitrogen and oxygen atoms in total. The highest BCUT2D eigenvalue weighted by Gasteiger charge is 2.22. The third-order valence-electron chi connectivity index (χ3n) is 4.41. The van der Waals surface area contributed by atoms with Crippen LogP contribution in [0.15, 0.2) is 36.4 Å². The fourth-order valence-electron chi connectivity index (χ4n) is 2.97. The highest BCUT2D eigenvalue weighted by molar-refractivity contribution is 6.31. The van der Waals surface area contributed by atoms with Crippen LogP contribution in [0.25, 0.3) is 0 Å². The van der Waals surface area contributed by atoms with Crippen molar-refractivity contribution in [3.8, 4) is 5.75 Å². The standard InChI is InChI=1S/C19H21ClN4O4/c1-13-10-15(3-4-16(13)20)28-12-19(25)22-14-2-5-17(18(11-14)24(26)27)23-8-6-21-7-9-23/h2-5,10-11,21H,6-9,12H2,1H3,(H,22,25). The van der Waals surface area contributed by atoms with Crippen molar-refractivity contribution in [3.63, 3.8) is 0 Å². The molecule has 1 heterocycles. The molecule has 1 fully saturated rings. The van der Waals surface area contributed by atoms with Crippen molar-refractivity contribution in [3.05, 3.63) is 57.1 Å². The number of amides is 1. The van der Waals surface area contributed by atoms with Crippen LogP contribution in [0.1, 0.15) is 5.56 Å². The molecular weight excluding hydrogens is 384 g/mol. The van der Waals surface area contributed by atoms with Crippen LogP contribution in [-0.4, -0.2) is 43.6 Å². The molecule has 1 saturated heterocycles. The number of benzene rings is 2. The summed E-state index contributed by atoms with van der Waals surface area (Å²) < 4.78 is 5.45. The van der Waals surface area contributed by atoms with Gasteiger partial charge in [0.25, 0.3) is 11.6 Å². The van der Waals surface area contributed by atoms with E-state index in [9.17, 15) is 14.9 Å². The Morgan fingerprint density at radius 2 is 2.04 bits per heavy atom. The highest BCUT2D eigenvalue weighted by atomic mass is 35.5. The van der Waals surface area contributed by atoms with Gasteiger partial charge in [0.05, 0.1) is 4.92 Å². The summed E-state index contributed by atoms with van der Waals surface area (Å²) in [6.45, 7) is 4.57. The van der Waals surface area contributed by atoms with Gasteiger partial charge in [0.15, 0.2) is 6.61 Å². The molecule has 9 heteroatoms. The lowest BCUT2D eigenvalue weighted by Gasteiger charge is -2.29. The number of ether oxygens (including phenoxy) is 1. The first-order chi connectivity index (χ1) is 13.4. The van der Waals surface area contributed by atoms with E-state index in [1.807, 2.05) is 11.8 Å². The Bertz CT molecular complexity index is 884. The number of hydrogen-bond donors (Lipinski definition) is 2. The maximum atomic E-state index is 12.2. The molecule has 3 rings (SSSR count). The van der Waals surface area contributed by atoms with Gasteiger partial charge in [0.1, 0.15) is 11.4 Å². The molecule has 1 aliphatic rings. The molecule has 1 amide bonds. The van der Waals surface area contributed by atoms with Crippen LogP contribution < -0.4 is 20.3 Å². The zero-order chi connectivity index (χ0) is 20.1. The fourth-order valence-corrected chi connectivity index (χ4v) is 3.09. The average Bonchev–Trinajstić information content (AvgIpc) is 2.69. The summed E-state index contributed by atoms with van der Waals surface area (Å²) in [5.41, 5.74) is 1.72. The second kappa shape index (κ2) is 8.90. The first-order valence-electron chi connectivity index (χ1n) is 8.87. The Morgan fingerprint density at radius 3 is 2.71 bits per heavy atom. The zero-order valence-electron chi connectivity index (χ0n) is 15.4. The monoisotopic (exact) mass is 404 g/mol. The smallest absolute Gasteiger partial charge is 0.294 e. The maximum absolute atomic E-state index is 12.2. The Balaban J connectivity index is 1.65. The van der Waals surface area contributed by atoms with E-state index in [1.165, 1.54) is 6.07 Å². The van der Waals surface area contributed by atoms with Crippen molar-refractivity contribution >= 4 is 34.6 Å². The van der Waals surface area contributed by atoms with Gasteiger partial charge in [-0.15, -0.1) is 0 Å². The van der Waals surface area contributed by atoms with E-state index in [0.29, 0.717) is 35.2 Å². The molecular formula is C19H21ClN4O4. The van der Waals surface area contributed by atoms with E-state index in [0.717, 1.165) is 18.7 Å². The summed E-state index contributed by atoms with van der Waals surface area (Å²) in [5, 5.41) is 18.0. The predicted molar refractivity (Wildman–Crippen MR) is 108 cm³/mol. The lowest BCUT2D eigenvalue weighted by molar-refractivity contribution is -0.384. The number of piperazine rings is 1. The molecule has 2 aromatic carbocycles. The van der Waals surface area contributed by atoms with Crippen LogP contribution in [0, 0.1) is 17.0 Å². The van der Waals surface area contributed by atoms with Gasteiger partial charge < -0.3 is 20.3 Å². The number of anilines is 2. The molecule has 2 aromatic rings. The molecule has 0 unspecified atom stereocenters. The van der Waals surface area contributed by atoms with E-state index in [1.54, 1.807) is 30.3 Å². The summed E-state index contributed by atoms with van der Waals surface area (Å²) in [6.07, 6.45) is 0. The van der Waals surface area contributed by atoms with E-state index in [4.69, 9.17) is 16.3 Å². The first-order valence-corrected chi connectivity index (χ1v) is 9.25. The molecule has 148 valence electrons. The van der Waals surface area contributed by atoms with Gasteiger partial charge in [0.2, 0.25) is 0 Å². The largest absolute Gasteiger partial charge is 0.484 e. The van der Waals surface area contributed by atoms with Gasteiger partial charge in [-0.1, -0.05) is 11.6 Å². The van der Waals surface area contributed by atoms with Crippen molar-refractivity contribution in [1.82, 2.24) is 5.32 Å². The zero-order valence-corrected chi connectivity index (χ0v) is 16.2. The third kappa shape index (κ3) is 4.90. The SMILES string of the molecule is Cc1cc(OCC(=O)Nc2ccc(N3CCNCC3)c([N+](=O)[O-])c2)ccc1Cl. The number of halogens is 1. The van der Waals surface area contributed by atoms with Crippen LogP contribution in [0.3, 0.4) is 0 Å². The van der Waals surface area contributed by atoms with Gasteiger partial charge in [-0.3, -0.25) is 14.9 Å². The summed E-state index contributed by atoms with van der Waals surface area (Å²) in [7, 11) is 0. The van der Waals surface area contributed by atoms with Crippen LogP contribution in [0.2, 0.25) is 5.02 Å². The highest BCUT2D eigenvalue weighted by Crippen LogP contribution is 2.31. The quantitative estimate of drug-likeness (QED) is 0.567. The molecule has 0 bridgehead atoms. The molecule has 1 aliphatic heterocycles. The molecule has 2 N–H and O–H groups in total. The van der Waals surface area contributed by atoms with E-state index in [2.05, 4.69) is 10.6 Å². The second-order valence-electron chi connectivity index (χ2n) is 6.45. The van der Waals surface area contributed by atoms with E-state index < -0.39 is 10.8 Å². The minimum atomic E-state index is -0.431. The van der Waals surface area contributed by atoms with Crippen molar-refractivity contribution in [1.29, 1.82) is 0 Å². The number of carbonyl (C=O) groups is 1. The Hall–Kier alpha value is -2.84.